The number of ether oxygens (including phenoxy) is 1. The lowest BCUT2D eigenvalue weighted by Crippen LogP contribution is -2.07. The van der Waals surface area contributed by atoms with Gasteiger partial charge in [0.25, 0.3) is 0 Å². The van der Waals surface area contributed by atoms with E-state index in [9.17, 15) is 4.79 Å². The number of carbonyl (C=O) groups excluding carboxylic acids is 1. The van der Waals surface area contributed by atoms with E-state index in [-0.39, 0.29) is 5.78 Å². The van der Waals surface area contributed by atoms with Crippen LogP contribution in [-0.4, -0.2) is 12.9 Å². The van der Waals surface area contributed by atoms with Gasteiger partial charge in [-0.3, -0.25) is 4.79 Å². The minimum Gasteiger partial charge on any atom is -0.496 e. The summed E-state index contributed by atoms with van der Waals surface area (Å²) in [4.78, 5) is 12.7. The fourth-order valence-corrected chi connectivity index (χ4v) is 2.73. The molecule has 0 radical (unpaired) electrons. The van der Waals surface area contributed by atoms with Gasteiger partial charge < -0.3 is 4.74 Å². The van der Waals surface area contributed by atoms with Crippen molar-refractivity contribution in [2.24, 2.45) is 0 Å². The molecule has 0 aliphatic heterocycles. The van der Waals surface area contributed by atoms with Crippen molar-refractivity contribution in [3.05, 3.63) is 62.6 Å². The van der Waals surface area contributed by atoms with Crippen molar-refractivity contribution in [2.45, 2.75) is 20.8 Å². The molecule has 0 aromatic heterocycles. The Morgan fingerprint density at radius 3 is 2.25 bits per heavy atom. The smallest absolute Gasteiger partial charge is 0.197 e. The molecular formula is C17H17BrO2. The number of benzene rings is 2. The van der Waals surface area contributed by atoms with Crippen LogP contribution in [0.1, 0.15) is 32.6 Å². The highest BCUT2D eigenvalue weighted by molar-refractivity contribution is 9.10. The van der Waals surface area contributed by atoms with Gasteiger partial charge in [-0.15, -0.1) is 0 Å². The molecule has 0 amide bonds. The average Bonchev–Trinajstić information content (AvgIpc) is 2.41. The van der Waals surface area contributed by atoms with Gasteiger partial charge in [0.2, 0.25) is 0 Å². The van der Waals surface area contributed by atoms with Crippen molar-refractivity contribution in [1.82, 2.24) is 0 Å². The van der Waals surface area contributed by atoms with E-state index in [4.69, 9.17) is 4.74 Å². The zero-order valence-corrected chi connectivity index (χ0v) is 13.7. The van der Waals surface area contributed by atoms with E-state index in [1.54, 1.807) is 7.11 Å². The van der Waals surface area contributed by atoms with Crippen LogP contribution < -0.4 is 4.74 Å². The number of hydrogen-bond acceptors (Lipinski definition) is 2. The summed E-state index contributed by atoms with van der Waals surface area (Å²) in [5.41, 5.74) is 4.39. The van der Waals surface area contributed by atoms with Crippen LogP contribution in [0.15, 0.2) is 34.8 Å². The van der Waals surface area contributed by atoms with E-state index in [2.05, 4.69) is 15.9 Å². The van der Waals surface area contributed by atoms with Gasteiger partial charge in [-0.1, -0.05) is 22.0 Å². The summed E-state index contributed by atoms with van der Waals surface area (Å²) in [5, 5.41) is 0. The maximum absolute atomic E-state index is 12.7. The number of ketones is 1. The van der Waals surface area contributed by atoms with E-state index >= 15 is 0 Å². The predicted octanol–water partition coefficient (Wildman–Crippen LogP) is 4.61. The van der Waals surface area contributed by atoms with Gasteiger partial charge in [-0.05, 0) is 61.7 Å². The normalized spacial score (nSPS) is 10.4. The number of hydrogen-bond donors (Lipinski definition) is 0. The molecule has 0 fully saturated rings. The Hall–Kier alpha value is -1.61. The van der Waals surface area contributed by atoms with Crippen LogP contribution >= 0.6 is 15.9 Å². The van der Waals surface area contributed by atoms with E-state index < -0.39 is 0 Å². The van der Waals surface area contributed by atoms with Crippen LogP contribution in [0, 0.1) is 20.8 Å². The lowest BCUT2D eigenvalue weighted by molar-refractivity contribution is 0.103. The summed E-state index contributed by atoms with van der Waals surface area (Å²) < 4.78 is 6.40. The minimum atomic E-state index is -0.00468. The van der Waals surface area contributed by atoms with Gasteiger partial charge in [0.1, 0.15) is 5.75 Å². The molecule has 0 atom stereocenters. The minimum absolute atomic E-state index is 0.00468. The molecule has 2 aromatic carbocycles. The monoisotopic (exact) mass is 332 g/mol. The van der Waals surface area contributed by atoms with Crippen LogP contribution in [0.2, 0.25) is 0 Å². The lowest BCUT2D eigenvalue weighted by Gasteiger charge is -2.13. The Kier molecular flexibility index (Phi) is 4.29. The Morgan fingerprint density at radius 1 is 1.00 bits per heavy atom. The predicted molar refractivity (Wildman–Crippen MR) is 84.8 cm³/mol. The summed E-state index contributed by atoms with van der Waals surface area (Å²) in [6.07, 6.45) is 0. The van der Waals surface area contributed by atoms with Crippen molar-refractivity contribution < 1.29 is 9.53 Å². The van der Waals surface area contributed by atoms with E-state index in [0.29, 0.717) is 16.9 Å². The molecule has 20 heavy (non-hydrogen) atoms. The SMILES string of the molecule is COc1c(C(=O)c2ccc(Br)cc2C)ccc(C)c1C. The second kappa shape index (κ2) is 5.80. The summed E-state index contributed by atoms with van der Waals surface area (Å²) >= 11 is 3.41. The zero-order valence-electron chi connectivity index (χ0n) is 12.1. The zero-order chi connectivity index (χ0) is 14.9. The number of methoxy groups -OCH3 is 1. The molecule has 0 aliphatic carbocycles. The van der Waals surface area contributed by atoms with E-state index in [0.717, 1.165) is 21.2 Å². The summed E-state index contributed by atoms with van der Waals surface area (Å²) in [6, 6.07) is 9.47. The summed E-state index contributed by atoms with van der Waals surface area (Å²) in [7, 11) is 1.60. The summed E-state index contributed by atoms with van der Waals surface area (Å²) in [6.45, 7) is 5.92. The van der Waals surface area contributed by atoms with Crippen molar-refractivity contribution in [3.63, 3.8) is 0 Å². The first kappa shape index (κ1) is 14.8. The van der Waals surface area contributed by atoms with Crippen LogP contribution in [-0.2, 0) is 0 Å². The highest BCUT2D eigenvalue weighted by Gasteiger charge is 2.18. The van der Waals surface area contributed by atoms with Gasteiger partial charge in [0, 0.05) is 10.0 Å². The molecule has 0 aliphatic rings. The van der Waals surface area contributed by atoms with Crippen LogP contribution in [0.25, 0.3) is 0 Å². The largest absolute Gasteiger partial charge is 0.496 e. The quantitative estimate of drug-likeness (QED) is 0.767. The molecule has 0 spiro atoms. The molecular weight excluding hydrogens is 316 g/mol. The van der Waals surface area contributed by atoms with Crippen molar-refractivity contribution in [3.8, 4) is 5.75 Å². The van der Waals surface area contributed by atoms with E-state index in [1.165, 1.54) is 0 Å². The third-order valence-corrected chi connectivity index (χ3v) is 4.05. The molecule has 2 rings (SSSR count). The number of rotatable bonds is 3. The van der Waals surface area contributed by atoms with Gasteiger partial charge in [-0.25, -0.2) is 0 Å². The molecule has 0 N–H and O–H groups in total. The van der Waals surface area contributed by atoms with Crippen LogP contribution in [0.3, 0.4) is 0 Å². The molecule has 2 nitrogen and oxygen atoms in total. The first-order chi connectivity index (χ1) is 9.45. The maximum Gasteiger partial charge on any atom is 0.197 e. The summed E-state index contributed by atoms with van der Waals surface area (Å²) in [5.74, 6) is 0.660. The standard InChI is InChI=1S/C17H17BrO2/c1-10-5-7-15(17(20-4)12(10)3)16(19)14-8-6-13(18)9-11(14)2/h5-9H,1-4H3. The van der Waals surface area contributed by atoms with Crippen LogP contribution in [0.4, 0.5) is 0 Å². The second-order valence-electron chi connectivity index (χ2n) is 4.88. The third-order valence-electron chi connectivity index (χ3n) is 3.56. The molecule has 0 unspecified atom stereocenters. The van der Waals surface area contributed by atoms with Gasteiger partial charge >= 0.3 is 0 Å². The maximum atomic E-state index is 12.7. The van der Waals surface area contributed by atoms with E-state index in [1.807, 2.05) is 51.1 Å². The third kappa shape index (κ3) is 2.63. The van der Waals surface area contributed by atoms with Gasteiger partial charge in [0.15, 0.2) is 5.78 Å². The van der Waals surface area contributed by atoms with Crippen molar-refractivity contribution >= 4 is 21.7 Å². The highest BCUT2D eigenvalue weighted by Crippen LogP contribution is 2.29. The Balaban J connectivity index is 2.56. The number of halogens is 1. The Morgan fingerprint density at radius 2 is 1.65 bits per heavy atom. The fourth-order valence-electron chi connectivity index (χ4n) is 2.26. The number of carbonyl (C=O) groups is 1. The molecule has 0 heterocycles. The lowest BCUT2D eigenvalue weighted by atomic mass is 9.95. The first-order valence-corrected chi connectivity index (χ1v) is 7.20. The topological polar surface area (TPSA) is 26.3 Å². The van der Waals surface area contributed by atoms with Crippen LogP contribution in [0.5, 0.6) is 5.75 Å². The molecule has 0 bridgehead atoms. The molecule has 2 aromatic rings. The fraction of sp³-hybridized carbons (Fsp3) is 0.235. The van der Waals surface area contributed by atoms with Gasteiger partial charge in [-0.2, -0.15) is 0 Å². The Bertz CT molecular complexity index is 675. The highest BCUT2D eigenvalue weighted by atomic mass is 79.9. The molecule has 104 valence electrons. The molecule has 0 saturated carbocycles. The Labute approximate surface area is 127 Å². The average molecular weight is 333 g/mol. The number of aryl methyl sites for hydroxylation is 2. The second-order valence-corrected chi connectivity index (χ2v) is 5.79. The molecule has 0 saturated heterocycles. The molecule has 3 heteroatoms. The van der Waals surface area contributed by atoms with Crippen molar-refractivity contribution in [2.75, 3.05) is 7.11 Å². The van der Waals surface area contributed by atoms with Crippen molar-refractivity contribution in [1.29, 1.82) is 0 Å². The van der Waals surface area contributed by atoms with Gasteiger partial charge in [0.05, 0.1) is 12.7 Å². The first-order valence-electron chi connectivity index (χ1n) is 6.40.